The van der Waals surface area contributed by atoms with Crippen molar-refractivity contribution < 1.29 is 19.4 Å². The molecule has 0 saturated carbocycles. The Morgan fingerprint density at radius 3 is 2.35 bits per heavy atom. The third-order valence-electron chi connectivity index (χ3n) is 3.88. The van der Waals surface area contributed by atoms with Crippen LogP contribution >= 0.6 is 0 Å². The molecule has 0 spiro atoms. The fourth-order valence-corrected chi connectivity index (χ4v) is 2.64. The number of aliphatic hydroxyl groups excluding tert-OH is 1. The van der Waals surface area contributed by atoms with Crippen LogP contribution in [0.3, 0.4) is 0 Å². The van der Waals surface area contributed by atoms with Crippen LogP contribution in [0.2, 0.25) is 0 Å². The van der Waals surface area contributed by atoms with Crippen LogP contribution in [0.5, 0.6) is 0 Å². The van der Waals surface area contributed by atoms with E-state index in [0.29, 0.717) is 16.7 Å². The molecule has 4 heteroatoms. The number of benzene rings is 2. The molecule has 0 radical (unpaired) electrons. The Hall–Kier alpha value is -2.72. The molecule has 23 heavy (non-hydrogen) atoms. The first-order chi connectivity index (χ1) is 11.1. The minimum Gasteiger partial charge on any atom is -0.451 e. The summed E-state index contributed by atoms with van der Waals surface area (Å²) in [5.41, 5.74) is 2.64. The molecule has 3 rings (SSSR count). The minimum atomic E-state index is -0.943. The summed E-state index contributed by atoms with van der Waals surface area (Å²) in [6, 6.07) is 16.0. The highest BCUT2D eigenvalue weighted by Crippen LogP contribution is 2.34. The Morgan fingerprint density at radius 1 is 1.09 bits per heavy atom. The van der Waals surface area contributed by atoms with Crippen molar-refractivity contribution in [2.45, 2.75) is 19.1 Å². The molecule has 1 aliphatic heterocycles. The molecule has 2 atom stereocenters. The van der Waals surface area contributed by atoms with Gasteiger partial charge in [0.15, 0.2) is 11.9 Å². The number of esters is 1. The molecule has 1 N–H and O–H groups in total. The van der Waals surface area contributed by atoms with Gasteiger partial charge in [-0.25, -0.2) is 4.79 Å². The van der Waals surface area contributed by atoms with E-state index in [1.54, 1.807) is 36.4 Å². The first-order valence-electron chi connectivity index (χ1n) is 7.33. The van der Waals surface area contributed by atoms with E-state index in [2.05, 4.69) is 0 Å². The van der Waals surface area contributed by atoms with Gasteiger partial charge in [-0.15, -0.1) is 0 Å². The van der Waals surface area contributed by atoms with Crippen LogP contribution in [0.1, 0.15) is 34.5 Å². The Balaban J connectivity index is 1.91. The van der Waals surface area contributed by atoms with Crippen LogP contribution in [0.25, 0.3) is 5.57 Å². The average Bonchev–Trinajstić information content (AvgIpc) is 2.97. The Labute approximate surface area is 134 Å². The highest BCUT2D eigenvalue weighted by Gasteiger charge is 2.34. The summed E-state index contributed by atoms with van der Waals surface area (Å²) in [5, 5.41) is 10.5. The number of ether oxygens (including phenoxy) is 1. The lowest BCUT2D eigenvalue weighted by molar-refractivity contribution is -0.142. The fourth-order valence-electron chi connectivity index (χ4n) is 2.64. The lowest BCUT2D eigenvalue weighted by Crippen LogP contribution is -2.21. The van der Waals surface area contributed by atoms with E-state index in [0.717, 1.165) is 5.56 Å². The van der Waals surface area contributed by atoms with Crippen LogP contribution in [0.4, 0.5) is 0 Å². The molecule has 0 bridgehead atoms. The number of cyclic esters (lactones) is 1. The van der Waals surface area contributed by atoms with E-state index in [1.165, 1.54) is 13.0 Å². The maximum absolute atomic E-state index is 11.7. The van der Waals surface area contributed by atoms with Gasteiger partial charge < -0.3 is 9.84 Å². The number of carbonyl (C=O) groups is 2. The van der Waals surface area contributed by atoms with Gasteiger partial charge in [0.25, 0.3) is 0 Å². The second-order valence-electron chi connectivity index (χ2n) is 5.45. The summed E-state index contributed by atoms with van der Waals surface area (Å²) in [4.78, 5) is 23.0. The predicted octanol–water partition coefficient (Wildman–Crippen LogP) is 2.93. The number of ketones is 1. The van der Waals surface area contributed by atoms with E-state index < -0.39 is 18.2 Å². The van der Waals surface area contributed by atoms with Crippen molar-refractivity contribution in [1.82, 2.24) is 0 Å². The van der Waals surface area contributed by atoms with Crippen LogP contribution < -0.4 is 0 Å². The van der Waals surface area contributed by atoms with Crippen LogP contribution in [-0.2, 0) is 9.53 Å². The molecule has 4 nitrogen and oxygen atoms in total. The summed E-state index contributed by atoms with van der Waals surface area (Å²) >= 11 is 0. The van der Waals surface area contributed by atoms with Crippen molar-refractivity contribution in [2.75, 3.05) is 0 Å². The van der Waals surface area contributed by atoms with E-state index in [9.17, 15) is 14.7 Å². The number of rotatable bonds is 4. The normalized spacial score (nSPS) is 18.3. The van der Waals surface area contributed by atoms with Crippen molar-refractivity contribution in [3.63, 3.8) is 0 Å². The van der Waals surface area contributed by atoms with Gasteiger partial charge in [0.1, 0.15) is 6.10 Å². The van der Waals surface area contributed by atoms with Crippen molar-refractivity contribution >= 4 is 17.3 Å². The maximum atomic E-state index is 11.7. The average molecular weight is 308 g/mol. The van der Waals surface area contributed by atoms with Gasteiger partial charge >= 0.3 is 5.97 Å². The van der Waals surface area contributed by atoms with Crippen molar-refractivity contribution in [2.24, 2.45) is 0 Å². The number of aliphatic hydroxyl groups is 1. The summed E-state index contributed by atoms with van der Waals surface area (Å²) in [7, 11) is 0. The highest BCUT2D eigenvalue weighted by molar-refractivity contribution is 5.98. The third-order valence-corrected chi connectivity index (χ3v) is 3.88. The van der Waals surface area contributed by atoms with Crippen molar-refractivity contribution in [1.29, 1.82) is 0 Å². The smallest absolute Gasteiger partial charge is 0.331 e. The number of carbonyl (C=O) groups excluding carboxylic acids is 2. The summed E-state index contributed by atoms with van der Waals surface area (Å²) < 4.78 is 5.27. The molecule has 116 valence electrons. The zero-order valence-corrected chi connectivity index (χ0v) is 12.6. The van der Waals surface area contributed by atoms with Crippen LogP contribution in [-0.4, -0.2) is 23.0 Å². The van der Waals surface area contributed by atoms with Crippen molar-refractivity contribution in [3.05, 3.63) is 77.4 Å². The maximum Gasteiger partial charge on any atom is 0.331 e. The SMILES string of the molecule is CC(=O)c1ccc(C2=CC(=O)O[C@@H]2[C@H](O)c2ccccc2)cc1. The van der Waals surface area contributed by atoms with Gasteiger partial charge in [-0.05, 0) is 18.1 Å². The topological polar surface area (TPSA) is 63.6 Å². The van der Waals surface area contributed by atoms with Gasteiger partial charge in [0, 0.05) is 17.2 Å². The van der Waals surface area contributed by atoms with Gasteiger partial charge in [-0.3, -0.25) is 4.79 Å². The molecule has 1 heterocycles. The molecule has 1 aliphatic rings. The van der Waals surface area contributed by atoms with E-state index in [4.69, 9.17) is 4.74 Å². The first-order valence-corrected chi connectivity index (χ1v) is 7.33. The second-order valence-corrected chi connectivity index (χ2v) is 5.45. The first kappa shape index (κ1) is 15.2. The molecule has 2 aromatic rings. The van der Waals surface area contributed by atoms with E-state index in [1.807, 2.05) is 18.2 Å². The van der Waals surface area contributed by atoms with E-state index in [-0.39, 0.29) is 5.78 Å². The molecule has 0 aromatic heterocycles. The highest BCUT2D eigenvalue weighted by atomic mass is 16.6. The molecule has 0 saturated heterocycles. The number of Topliss-reactive ketones (excluding diaryl/α,β-unsaturated/α-hetero) is 1. The Bertz CT molecular complexity index is 760. The predicted molar refractivity (Wildman–Crippen MR) is 85.7 cm³/mol. The fraction of sp³-hybridized carbons (Fsp3) is 0.158. The van der Waals surface area contributed by atoms with Gasteiger partial charge in [-0.1, -0.05) is 54.6 Å². The zero-order valence-electron chi connectivity index (χ0n) is 12.6. The second kappa shape index (κ2) is 6.18. The molecule has 0 amide bonds. The number of hydrogen-bond donors (Lipinski definition) is 1. The van der Waals surface area contributed by atoms with Crippen LogP contribution in [0.15, 0.2) is 60.7 Å². The molecule has 0 fully saturated rings. The largest absolute Gasteiger partial charge is 0.451 e. The lowest BCUT2D eigenvalue weighted by atomic mass is 9.93. The molecular weight excluding hydrogens is 292 g/mol. The molecule has 2 aromatic carbocycles. The number of hydrogen-bond acceptors (Lipinski definition) is 4. The molecule has 0 aliphatic carbocycles. The summed E-state index contributed by atoms with van der Waals surface area (Å²) in [5.74, 6) is -0.499. The van der Waals surface area contributed by atoms with Gasteiger partial charge in [0.05, 0.1) is 0 Å². The molecular formula is C19H16O4. The third kappa shape index (κ3) is 3.07. The van der Waals surface area contributed by atoms with E-state index >= 15 is 0 Å². The Morgan fingerprint density at radius 2 is 1.74 bits per heavy atom. The Kier molecular flexibility index (Phi) is 4.08. The summed E-state index contributed by atoms with van der Waals surface area (Å²) in [6.45, 7) is 1.50. The lowest BCUT2D eigenvalue weighted by Gasteiger charge is -2.21. The quantitative estimate of drug-likeness (QED) is 0.697. The minimum absolute atomic E-state index is 0.0230. The monoisotopic (exact) mass is 308 g/mol. The van der Waals surface area contributed by atoms with Crippen LogP contribution in [0, 0.1) is 0 Å². The molecule has 0 unspecified atom stereocenters. The van der Waals surface area contributed by atoms with Gasteiger partial charge in [-0.2, -0.15) is 0 Å². The van der Waals surface area contributed by atoms with Crippen molar-refractivity contribution in [3.8, 4) is 0 Å². The standard InChI is InChI=1S/C19H16O4/c1-12(20)13-7-9-14(10-8-13)16-11-17(21)23-19(16)18(22)15-5-3-2-4-6-15/h2-11,18-19,22H,1H3/t18-,19+/m1/s1. The summed E-state index contributed by atoms with van der Waals surface area (Å²) in [6.07, 6.45) is -0.311. The van der Waals surface area contributed by atoms with Gasteiger partial charge in [0.2, 0.25) is 0 Å². The zero-order chi connectivity index (χ0) is 16.4.